The Bertz CT molecular complexity index is 1170. The first-order valence-electron chi connectivity index (χ1n) is 15.8. The summed E-state index contributed by atoms with van der Waals surface area (Å²) in [6.07, 6.45) is 14.7. The highest BCUT2D eigenvalue weighted by molar-refractivity contribution is 5.91. The minimum absolute atomic E-state index is 0.0654. The molecule has 0 saturated heterocycles. The molecule has 0 spiro atoms. The summed E-state index contributed by atoms with van der Waals surface area (Å²) >= 11 is 0. The predicted octanol–water partition coefficient (Wildman–Crippen LogP) is 8.37. The van der Waals surface area contributed by atoms with Crippen LogP contribution in [0.2, 0.25) is 0 Å². The van der Waals surface area contributed by atoms with Crippen LogP contribution in [-0.2, 0) is 4.79 Å². The van der Waals surface area contributed by atoms with E-state index in [0.29, 0.717) is 34.8 Å². The van der Waals surface area contributed by atoms with Crippen LogP contribution in [0.15, 0.2) is 36.6 Å². The van der Waals surface area contributed by atoms with E-state index in [2.05, 4.69) is 39.6 Å². The fourth-order valence-corrected chi connectivity index (χ4v) is 10.5. The Morgan fingerprint density at radius 2 is 1.87 bits per heavy atom. The molecule has 6 rings (SSSR count). The molecular formula is C35H49NO3. The molecule has 1 aliphatic heterocycles. The van der Waals surface area contributed by atoms with Crippen molar-refractivity contribution >= 4 is 17.2 Å². The predicted molar refractivity (Wildman–Crippen MR) is 158 cm³/mol. The molecule has 0 unspecified atom stereocenters. The van der Waals surface area contributed by atoms with Gasteiger partial charge in [0.2, 0.25) is 5.91 Å². The molecule has 212 valence electrons. The molecule has 4 nitrogen and oxygen atoms in total. The molecule has 0 radical (unpaired) electrons. The van der Waals surface area contributed by atoms with Crippen molar-refractivity contribution in [1.29, 1.82) is 0 Å². The number of fused-ring (bicyclic) bond motifs is 6. The standard InChI is InChI=1S/C35H49NO3/c1-21(6-13-33(38)36-25-8-10-27-22(2)18-23(3)39-32(27)20-25)29-11-12-30-28-9-7-24-19-26(37)14-16-34(24,4)31(28)15-17-35(29,30)5/h8,10,18,20-21,24,26,28-31,37H,3,6-7,9,11-17,19H2,1-2,4-5H3,(H,36,38)/t21-,24-,26-,28+,29-,30+,31+,34+,35-/m1/s1. The average molecular weight is 532 g/mol. The van der Waals surface area contributed by atoms with Gasteiger partial charge in [0.25, 0.3) is 0 Å². The molecule has 2 N–H and O–H groups in total. The van der Waals surface area contributed by atoms with Gasteiger partial charge in [0.05, 0.1) is 6.10 Å². The third-order valence-electron chi connectivity index (χ3n) is 12.5. The van der Waals surface area contributed by atoms with Gasteiger partial charge in [0, 0.05) is 23.7 Å². The number of hydrogen-bond acceptors (Lipinski definition) is 3. The van der Waals surface area contributed by atoms with Gasteiger partial charge in [0.1, 0.15) is 11.5 Å². The lowest BCUT2D eigenvalue weighted by molar-refractivity contribution is -0.129. The van der Waals surface area contributed by atoms with E-state index >= 15 is 0 Å². The zero-order valence-corrected chi connectivity index (χ0v) is 24.6. The molecular weight excluding hydrogens is 482 g/mol. The fraction of sp³-hybridized carbons (Fsp3) is 0.686. The SMILES string of the molecule is C=C1C=C(C)c2ccc(NC(=O)CC[C@@H](C)[C@H]3CC[C@H]4[C@@H]5CC[C@@H]6C[C@H](O)CC[C@]6(C)[C@H]5CC[C@]34C)cc2O1. The van der Waals surface area contributed by atoms with Crippen LogP contribution < -0.4 is 10.1 Å². The maximum Gasteiger partial charge on any atom is 0.224 e. The minimum atomic E-state index is -0.0654. The van der Waals surface area contributed by atoms with E-state index < -0.39 is 0 Å². The topological polar surface area (TPSA) is 58.6 Å². The first kappa shape index (κ1) is 27.1. The van der Waals surface area contributed by atoms with E-state index in [-0.39, 0.29) is 12.0 Å². The highest BCUT2D eigenvalue weighted by Crippen LogP contribution is 2.68. The van der Waals surface area contributed by atoms with Gasteiger partial charge in [-0.05, 0) is 141 Å². The second kappa shape index (κ2) is 10.1. The largest absolute Gasteiger partial charge is 0.457 e. The van der Waals surface area contributed by atoms with Crippen LogP contribution in [0.5, 0.6) is 5.75 Å². The summed E-state index contributed by atoms with van der Waals surface area (Å²) in [4.78, 5) is 13.0. The Morgan fingerprint density at radius 3 is 2.69 bits per heavy atom. The van der Waals surface area contributed by atoms with Gasteiger partial charge in [-0.15, -0.1) is 0 Å². The lowest BCUT2D eigenvalue weighted by atomic mass is 9.44. The van der Waals surface area contributed by atoms with Crippen LogP contribution in [0.4, 0.5) is 5.69 Å². The van der Waals surface area contributed by atoms with Crippen LogP contribution in [0.1, 0.15) is 104 Å². The fourth-order valence-electron chi connectivity index (χ4n) is 10.5. The van der Waals surface area contributed by atoms with Crippen molar-refractivity contribution in [3.63, 3.8) is 0 Å². The second-order valence-electron chi connectivity index (χ2n) is 14.5. The maximum atomic E-state index is 13.0. The number of amides is 1. The van der Waals surface area contributed by atoms with E-state index in [9.17, 15) is 9.90 Å². The summed E-state index contributed by atoms with van der Waals surface area (Å²) < 4.78 is 5.80. The van der Waals surface area contributed by atoms with Crippen LogP contribution in [-0.4, -0.2) is 17.1 Å². The molecule has 4 fully saturated rings. The summed E-state index contributed by atoms with van der Waals surface area (Å²) in [6, 6.07) is 5.91. The van der Waals surface area contributed by atoms with E-state index in [0.717, 1.165) is 65.5 Å². The molecule has 1 aromatic rings. The Kier molecular flexibility index (Phi) is 7.01. The first-order chi connectivity index (χ1) is 18.6. The Hall–Kier alpha value is -2.07. The van der Waals surface area contributed by atoms with Gasteiger partial charge in [-0.25, -0.2) is 0 Å². The first-order valence-corrected chi connectivity index (χ1v) is 15.8. The molecule has 1 aromatic carbocycles. The Labute approximate surface area is 235 Å². The number of ether oxygens (including phenoxy) is 1. The molecule has 5 aliphatic rings. The number of carbonyl (C=O) groups is 1. The number of rotatable bonds is 5. The van der Waals surface area contributed by atoms with Crippen molar-refractivity contribution in [1.82, 2.24) is 0 Å². The van der Waals surface area contributed by atoms with Gasteiger partial charge in [0.15, 0.2) is 0 Å². The van der Waals surface area contributed by atoms with Crippen molar-refractivity contribution < 1.29 is 14.6 Å². The molecule has 0 bridgehead atoms. The molecule has 4 saturated carbocycles. The lowest BCUT2D eigenvalue weighted by Gasteiger charge is -2.61. The van der Waals surface area contributed by atoms with Gasteiger partial charge in [-0.3, -0.25) is 4.79 Å². The summed E-state index contributed by atoms with van der Waals surface area (Å²) in [5, 5.41) is 13.5. The highest BCUT2D eigenvalue weighted by atomic mass is 16.5. The number of anilines is 1. The minimum Gasteiger partial charge on any atom is -0.457 e. The Balaban J connectivity index is 1.07. The van der Waals surface area contributed by atoms with E-state index in [1.165, 1.54) is 44.9 Å². The van der Waals surface area contributed by atoms with Crippen LogP contribution >= 0.6 is 0 Å². The summed E-state index contributed by atoms with van der Waals surface area (Å²) in [5.74, 6) is 6.04. The van der Waals surface area contributed by atoms with Crippen LogP contribution in [0.25, 0.3) is 5.57 Å². The van der Waals surface area contributed by atoms with Crippen molar-refractivity contribution in [3.05, 3.63) is 42.2 Å². The number of nitrogens with one attached hydrogen (secondary N) is 1. The van der Waals surface area contributed by atoms with Gasteiger partial charge in [-0.1, -0.05) is 27.4 Å². The summed E-state index contributed by atoms with van der Waals surface area (Å²) in [6.45, 7) is 13.6. The maximum absolute atomic E-state index is 13.0. The van der Waals surface area contributed by atoms with Gasteiger partial charge >= 0.3 is 0 Å². The number of hydrogen-bond donors (Lipinski definition) is 2. The second-order valence-corrected chi connectivity index (χ2v) is 14.5. The quantitative estimate of drug-likeness (QED) is 0.401. The zero-order chi connectivity index (χ0) is 27.5. The highest BCUT2D eigenvalue weighted by Gasteiger charge is 2.60. The lowest BCUT2D eigenvalue weighted by Crippen LogP contribution is -2.54. The number of aliphatic hydroxyl groups excluding tert-OH is 1. The van der Waals surface area contributed by atoms with Crippen LogP contribution in [0, 0.1) is 46.3 Å². The molecule has 1 amide bonds. The monoisotopic (exact) mass is 531 g/mol. The van der Waals surface area contributed by atoms with Crippen molar-refractivity contribution in [2.45, 2.75) is 104 Å². The van der Waals surface area contributed by atoms with Gasteiger partial charge in [-0.2, -0.15) is 0 Å². The van der Waals surface area contributed by atoms with E-state index in [1.807, 2.05) is 24.3 Å². The molecule has 4 heteroatoms. The normalized spacial score (nSPS) is 39.8. The number of allylic oxidation sites excluding steroid dienone is 2. The molecule has 0 aromatic heterocycles. The summed E-state index contributed by atoms with van der Waals surface area (Å²) in [5.41, 5.74) is 3.83. The third-order valence-corrected chi connectivity index (χ3v) is 12.5. The molecule has 1 heterocycles. The van der Waals surface area contributed by atoms with Crippen molar-refractivity contribution in [3.8, 4) is 5.75 Å². The summed E-state index contributed by atoms with van der Waals surface area (Å²) in [7, 11) is 0. The van der Waals surface area contributed by atoms with Gasteiger partial charge < -0.3 is 15.2 Å². The zero-order valence-electron chi connectivity index (χ0n) is 24.6. The number of carbonyl (C=O) groups excluding carboxylic acids is 1. The number of aliphatic hydroxyl groups is 1. The molecule has 9 atom stereocenters. The van der Waals surface area contributed by atoms with E-state index in [1.54, 1.807) is 0 Å². The van der Waals surface area contributed by atoms with Crippen LogP contribution in [0.3, 0.4) is 0 Å². The Morgan fingerprint density at radius 1 is 1.10 bits per heavy atom. The average Bonchev–Trinajstić information content (AvgIpc) is 3.24. The molecule has 39 heavy (non-hydrogen) atoms. The van der Waals surface area contributed by atoms with Crippen molar-refractivity contribution in [2.24, 2.45) is 46.3 Å². The number of benzene rings is 1. The third kappa shape index (κ3) is 4.69. The molecule has 4 aliphatic carbocycles. The van der Waals surface area contributed by atoms with E-state index in [4.69, 9.17) is 4.74 Å². The van der Waals surface area contributed by atoms with Crippen molar-refractivity contribution in [2.75, 3.05) is 5.32 Å². The smallest absolute Gasteiger partial charge is 0.224 e.